The number of nitrogens with zero attached hydrogens (tertiary/aromatic N) is 1. The maximum Gasteiger partial charge on any atom is 0.433 e. The number of carbonyl (C=O) groups excluding carboxylic acids is 2. The lowest BCUT2D eigenvalue weighted by Gasteiger charge is -2.13. The Labute approximate surface area is 170 Å². The molecule has 1 heterocycles. The van der Waals surface area contributed by atoms with Crippen molar-refractivity contribution in [2.75, 3.05) is 7.11 Å². The third-order valence-corrected chi connectivity index (χ3v) is 3.81. The number of hydrogen-bond acceptors (Lipinski definition) is 6. The van der Waals surface area contributed by atoms with Gasteiger partial charge in [-0.25, -0.2) is 4.98 Å². The Hall–Kier alpha value is -3.58. The standard InChI is InChI=1S/C20H18F3N3O4/c1-3-14(10-18(27)29-2)25-19(28)13-5-4-6-15(9-13)30-17-8-12(11-24)7-16(26-17)20(21,22)23/h1,4-9,14H,10-11,24H2,2H3,(H,25,28)/t14-/m1/s1. The minimum atomic E-state index is -4.67. The number of ether oxygens (including phenoxy) is 2. The van der Waals surface area contributed by atoms with Gasteiger partial charge in [-0.2, -0.15) is 13.2 Å². The molecule has 0 spiro atoms. The SMILES string of the molecule is C#C[C@H](CC(=O)OC)NC(=O)c1cccc(Oc2cc(CN)cc(C(F)(F)F)n2)c1. The van der Waals surface area contributed by atoms with E-state index in [9.17, 15) is 22.8 Å². The quantitative estimate of drug-likeness (QED) is 0.526. The summed E-state index contributed by atoms with van der Waals surface area (Å²) in [5.41, 5.74) is 4.59. The van der Waals surface area contributed by atoms with Crippen LogP contribution >= 0.6 is 0 Å². The predicted molar refractivity (Wildman–Crippen MR) is 100 cm³/mol. The smallest absolute Gasteiger partial charge is 0.433 e. The summed E-state index contributed by atoms with van der Waals surface area (Å²) in [5.74, 6) is 0.811. The average molecular weight is 421 g/mol. The predicted octanol–water partition coefficient (Wildman–Crippen LogP) is 2.65. The van der Waals surface area contributed by atoms with E-state index < -0.39 is 29.8 Å². The molecule has 0 radical (unpaired) electrons. The number of aromatic nitrogens is 1. The van der Waals surface area contributed by atoms with Gasteiger partial charge in [0.25, 0.3) is 5.91 Å². The fourth-order valence-electron chi connectivity index (χ4n) is 2.34. The van der Waals surface area contributed by atoms with Crippen molar-refractivity contribution in [3.63, 3.8) is 0 Å². The Morgan fingerprint density at radius 3 is 2.63 bits per heavy atom. The summed E-state index contributed by atoms with van der Waals surface area (Å²) in [4.78, 5) is 27.1. The van der Waals surface area contributed by atoms with Crippen molar-refractivity contribution >= 4 is 11.9 Å². The van der Waals surface area contributed by atoms with Gasteiger partial charge in [0, 0.05) is 18.2 Å². The van der Waals surface area contributed by atoms with E-state index in [0.717, 1.165) is 6.07 Å². The molecule has 2 aromatic rings. The van der Waals surface area contributed by atoms with Gasteiger partial charge in [-0.1, -0.05) is 12.0 Å². The fourth-order valence-corrected chi connectivity index (χ4v) is 2.34. The zero-order valence-corrected chi connectivity index (χ0v) is 15.8. The normalized spacial score (nSPS) is 11.9. The molecule has 158 valence electrons. The molecule has 0 fully saturated rings. The number of carbonyl (C=O) groups is 2. The Kier molecular flexibility index (Phi) is 7.38. The maximum absolute atomic E-state index is 13.0. The van der Waals surface area contributed by atoms with E-state index in [1.54, 1.807) is 0 Å². The molecule has 30 heavy (non-hydrogen) atoms. The minimum absolute atomic E-state index is 0.0719. The first kappa shape index (κ1) is 22.7. The highest BCUT2D eigenvalue weighted by atomic mass is 19.4. The molecule has 0 aliphatic heterocycles. The molecular weight excluding hydrogens is 403 g/mol. The Bertz CT molecular complexity index is 970. The van der Waals surface area contributed by atoms with Crippen molar-refractivity contribution in [3.8, 4) is 24.0 Å². The third kappa shape index (κ3) is 6.22. The first-order valence-corrected chi connectivity index (χ1v) is 8.56. The van der Waals surface area contributed by atoms with Crippen LogP contribution in [0.1, 0.15) is 28.0 Å². The molecular formula is C20H18F3N3O4. The second kappa shape index (κ2) is 9.76. The largest absolute Gasteiger partial charge is 0.469 e. The van der Waals surface area contributed by atoms with Crippen molar-refractivity contribution in [1.29, 1.82) is 0 Å². The number of benzene rings is 1. The number of amides is 1. The van der Waals surface area contributed by atoms with E-state index in [0.29, 0.717) is 0 Å². The number of terminal acetylenes is 1. The van der Waals surface area contributed by atoms with Gasteiger partial charge in [-0.3, -0.25) is 9.59 Å². The van der Waals surface area contributed by atoms with Crippen molar-refractivity contribution in [2.24, 2.45) is 5.73 Å². The van der Waals surface area contributed by atoms with E-state index >= 15 is 0 Å². The Morgan fingerprint density at radius 2 is 2.03 bits per heavy atom. The van der Waals surface area contributed by atoms with Crippen molar-refractivity contribution in [1.82, 2.24) is 10.3 Å². The van der Waals surface area contributed by atoms with Crippen molar-refractivity contribution in [3.05, 3.63) is 53.2 Å². The highest BCUT2D eigenvalue weighted by molar-refractivity contribution is 5.95. The van der Waals surface area contributed by atoms with E-state index in [-0.39, 0.29) is 35.7 Å². The zero-order chi connectivity index (χ0) is 22.3. The van der Waals surface area contributed by atoms with E-state index in [2.05, 4.69) is 21.0 Å². The maximum atomic E-state index is 13.0. The minimum Gasteiger partial charge on any atom is -0.469 e. The molecule has 0 saturated heterocycles. The molecule has 10 heteroatoms. The zero-order valence-electron chi connectivity index (χ0n) is 15.8. The Morgan fingerprint density at radius 1 is 1.30 bits per heavy atom. The molecule has 3 N–H and O–H groups in total. The molecule has 0 aliphatic carbocycles. The van der Waals surface area contributed by atoms with E-state index in [1.165, 1.54) is 37.4 Å². The fraction of sp³-hybridized carbons (Fsp3) is 0.250. The van der Waals surface area contributed by atoms with Crippen LogP contribution in [0.5, 0.6) is 11.6 Å². The summed E-state index contributed by atoms with van der Waals surface area (Å²) in [6.45, 7) is -0.141. The van der Waals surface area contributed by atoms with Crippen LogP contribution in [0.25, 0.3) is 0 Å². The van der Waals surface area contributed by atoms with Crippen LogP contribution in [0.4, 0.5) is 13.2 Å². The van der Waals surface area contributed by atoms with Gasteiger partial charge in [-0.05, 0) is 29.8 Å². The lowest BCUT2D eigenvalue weighted by molar-refractivity contribution is -0.142. The molecule has 1 aromatic heterocycles. The average Bonchev–Trinajstić information content (AvgIpc) is 2.72. The number of esters is 1. The van der Waals surface area contributed by atoms with Crippen LogP contribution < -0.4 is 15.8 Å². The monoisotopic (exact) mass is 421 g/mol. The molecule has 0 aliphatic rings. The van der Waals surface area contributed by atoms with Gasteiger partial charge in [0.1, 0.15) is 17.5 Å². The summed E-state index contributed by atoms with van der Waals surface area (Å²) in [6, 6.07) is 6.85. The van der Waals surface area contributed by atoms with Gasteiger partial charge in [0.15, 0.2) is 0 Å². The number of methoxy groups -OCH3 is 1. The van der Waals surface area contributed by atoms with Crippen molar-refractivity contribution < 1.29 is 32.2 Å². The molecule has 0 unspecified atom stereocenters. The summed E-state index contributed by atoms with van der Waals surface area (Å²) < 4.78 is 48.9. The second-order valence-corrected chi connectivity index (χ2v) is 6.00. The van der Waals surface area contributed by atoms with Gasteiger partial charge >= 0.3 is 12.1 Å². The molecule has 1 amide bonds. The molecule has 1 atom stereocenters. The first-order valence-electron chi connectivity index (χ1n) is 8.56. The summed E-state index contributed by atoms with van der Waals surface area (Å²) >= 11 is 0. The number of alkyl halides is 3. The van der Waals surface area contributed by atoms with Gasteiger partial charge in [0.2, 0.25) is 5.88 Å². The molecule has 7 nitrogen and oxygen atoms in total. The van der Waals surface area contributed by atoms with E-state index in [4.69, 9.17) is 16.9 Å². The lowest BCUT2D eigenvalue weighted by atomic mass is 10.1. The highest BCUT2D eigenvalue weighted by Gasteiger charge is 2.33. The highest BCUT2D eigenvalue weighted by Crippen LogP contribution is 2.31. The second-order valence-electron chi connectivity index (χ2n) is 6.00. The van der Waals surface area contributed by atoms with Crippen molar-refractivity contribution in [2.45, 2.75) is 25.2 Å². The van der Waals surface area contributed by atoms with Crippen LogP contribution in [0.15, 0.2) is 36.4 Å². The number of pyridine rings is 1. The van der Waals surface area contributed by atoms with Crippen LogP contribution in [0.3, 0.4) is 0 Å². The van der Waals surface area contributed by atoms with Crippen LogP contribution in [-0.4, -0.2) is 30.0 Å². The molecule has 0 bridgehead atoms. The number of nitrogens with one attached hydrogen (secondary N) is 1. The number of rotatable bonds is 7. The van der Waals surface area contributed by atoms with Gasteiger partial charge in [-0.15, -0.1) is 6.42 Å². The summed E-state index contributed by atoms with van der Waals surface area (Å²) in [5, 5.41) is 2.47. The summed E-state index contributed by atoms with van der Waals surface area (Å²) in [7, 11) is 1.19. The van der Waals surface area contributed by atoms with E-state index in [1.807, 2.05) is 0 Å². The van der Waals surface area contributed by atoms with Gasteiger partial charge < -0.3 is 20.5 Å². The molecule has 0 saturated carbocycles. The molecule has 2 rings (SSSR count). The number of hydrogen-bond donors (Lipinski definition) is 2. The van der Waals surface area contributed by atoms with Crippen LogP contribution in [-0.2, 0) is 22.3 Å². The molecule has 1 aromatic carbocycles. The summed E-state index contributed by atoms with van der Waals surface area (Å²) in [6.07, 6.45) is 0.414. The van der Waals surface area contributed by atoms with Crippen LogP contribution in [0, 0.1) is 12.3 Å². The lowest BCUT2D eigenvalue weighted by Crippen LogP contribution is -2.35. The van der Waals surface area contributed by atoms with Crippen LogP contribution in [0.2, 0.25) is 0 Å². The third-order valence-electron chi connectivity index (χ3n) is 3.81. The topological polar surface area (TPSA) is 104 Å². The van der Waals surface area contributed by atoms with Gasteiger partial charge in [0.05, 0.1) is 13.5 Å². The number of halogens is 3. The number of nitrogens with two attached hydrogens (primary N) is 1. The Balaban J connectivity index is 2.21. The first-order chi connectivity index (χ1) is 14.2.